The van der Waals surface area contributed by atoms with Gasteiger partial charge in [-0.3, -0.25) is 14.3 Å². The summed E-state index contributed by atoms with van der Waals surface area (Å²) < 4.78 is 1.43. The lowest BCUT2D eigenvalue weighted by Gasteiger charge is -2.06. The second kappa shape index (κ2) is 3.58. The molecule has 5 heteroatoms. The van der Waals surface area contributed by atoms with Gasteiger partial charge in [-0.05, 0) is 16.7 Å². The summed E-state index contributed by atoms with van der Waals surface area (Å²) >= 11 is 0. The number of nitrogens with one attached hydrogen (secondary N) is 1. The number of H-pyrrole nitrogens is 1. The molecule has 1 aliphatic carbocycles. The molecule has 0 spiro atoms. The fourth-order valence-electron chi connectivity index (χ4n) is 2.71. The molecule has 96 valence electrons. The van der Waals surface area contributed by atoms with Crippen LogP contribution in [0.15, 0.2) is 15.8 Å². The highest BCUT2D eigenvalue weighted by molar-refractivity contribution is 5.22. The van der Waals surface area contributed by atoms with Crippen molar-refractivity contribution in [3.8, 4) is 6.07 Å². The first-order valence-corrected chi connectivity index (χ1v) is 5.95. The van der Waals surface area contributed by atoms with Crippen molar-refractivity contribution < 1.29 is 0 Å². The Labute approximate surface area is 105 Å². The third-order valence-electron chi connectivity index (χ3n) is 4.83. The fraction of sp³-hybridized carbons (Fsp3) is 0.615. The van der Waals surface area contributed by atoms with Gasteiger partial charge in [-0.2, -0.15) is 5.26 Å². The van der Waals surface area contributed by atoms with Crippen LogP contribution in [-0.2, 0) is 6.54 Å². The van der Waals surface area contributed by atoms with Crippen LogP contribution in [0.25, 0.3) is 0 Å². The van der Waals surface area contributed by atoms with Gasteiger partial charge in [0.1, 0.15) is 11.6 Å². The van der Waals surface area contributed by atoms with E-state index >= 15 is 0 Å². The maximum absolute atomic E-state index is 11.7. The zero-order chi connectivity index (χ0) is 13.7. The summed E-state index contributed by atoms with van der Waals surface area (Å²) in [5, 5.41) is 8.80. The first-order chi connectivity index (χ1) is 8.21. The van der Waals surface area contributed by atoms with E-state index in [1.807, 2.05) is 0 Å². The molecule has 0 aromatic carbocycles. The average molecular weight is 247 g/mol. The number of nitriles is 1. The van der Waals surface area contributed by atoms with Crippen molar-refractivity contribution in [1.29, 1.82) is 5.26 Å². The second-order valence-corrected chi connectivity index (χ2v) is 6.06. The van der Waals surface area contributed by atoms with Gasteiger partial charge >= 0.3 is 5.69 Å². The predicted octanol–water partition coefficient (Wildman–Crippen LogP) is 1.09. The monoisotopic (exact) mass is 247 g/mol. The Hall–Kier alpha value is -1.83. The van der Waals surface area contributed by atoms with Crippen molar-refractivity contribution in [2.45, 2.75) is 34.2 Å². The largest absolute Gasteiger partial charge is 0.328 e. The molecular formula is C13H17N3O2. The summed E-state index contributed by atoms with van der Waals surface area (Å²) in [4.78, 5) is 25.2. The lowest BCUT2D eigenvalue weighted by molar-refractivity contribution is 0.457. The Morgan fingerprint density at radius 3 is 2.33 bits per heavy atom. The molecule has 1 saturated carbocycles. The fourth-order valence-corrected chi connectivity index (χ4v) is 2.71. The normalized spacial score (nSPS) is 20.4. The quantitative estimate of drug-likeness (QED) is 0.849. The molecule has 5 nitrogen and oxygen atoms in total. The van der Waals surface area contributed by atoms with E-state index in [1.165, 1.54) is 10.8 Å². The molecule has 18 heavy (non-hydrogen) atoms. The number of hydrogen-bond donors (Lipinski definition) is 1. The van der Waals surface area contributed by atoms with E-state index in [-0.39, 0.29) is 16.4 Å². The van der Waals surface area contributed by atoms with E-state index in [0.717, 1.165) is 0 Å². The van der Waals surface area contributed by atoms with Crippen LogP contribution in [0.1, 0.15) is 33.3 Å². The van der Waals surface area contributed by atoms with Crippen molar-refractivity contribution in [1.82, 2.24) is 9.55 Å². The molecule has 1 aromatic heterocycles. The number of nitrogens with zero attached hydrogens (tertiary/aromatic N) is 2. The molecule has 1 aliphatic rings. The predicted molar refractivity (Wildman–Crippen MR) is 67.1 cm³/mol. The minimum atomic E-state index is -0.618. The molecule has 0 bridgehead atoms. The average Bonchev–Trinajstić information content (AvgIpc) is 2.64. The molecule has 1 N–H and O–H groups in total. The molecule has 2 rings (SSSR count). The van der Waals surface area contributed by atoms with Crippen molar-refractivity contribution in [3.05, 3.63) is 32.6 Å². The Morgan fingerprint density at radius 2 is 1.89 bits per heavy atom. The van der Waals surface area contributed by atoms with Gasteiger partial charge in [0.2, 0.25) is 0 Å². The molecule has 0 aliphatic heterocycles. The van der Waals surface area contributed by atoms with E-state index in [1.54, 1.807) is 6.07 Å². The van der Waals surface area contributed by atoms with Gasteiger partial charge < -0.3 is 0 Å². The van der Waals surface area contributed by atoms with Crippen molar-refractivity contribution in [2.75, 3.05) is 0 Å². The Bertz CT molecular complexity index is 629. The van der Waals surface area contributed by atoms with Gasteiger partial charge in [0.15, 0.2) is 0 Å². The third-order valence-corrected chi connectivity index (χ3v) is 4.83. The molecule has 0 amide bonds. The molecule has 1 heterocycles. The van der Waals surface area contributed by atoms with Crippen LogP contribution in [0.3, 0.4) is 0 Å². The molecule has 0 saturated heterocycles. The van der Waals surface area contributed by atoms with Crippen LogP contribution in [0.5, 0.6) is 0 Å². The SMILES string of the molecule is CC1(C)C(Cn2cc(C#N)c(=O)[nH]c2=O)C1(C)C. The number of hydrogen-bond acceptors (Lipinski definition) is 3. The molecule has 1 fully saturated rings. The summed E-state index contributed by atoms with van der Waals surface area (Å²) in [5.41, 5.74) is -0.762. The lowest BCUT2D eigenvalue weighted by atomic mass is 10.0. The minimum absolute atomic E-state index is 0.0223. The minimum Gasteiger partial charge on any atom is -0.299 e. The van der Waals surface area contributed by atoms with E-state index in [0.29, 0.717) is 12.5 Å². The van der Waals surface area contributed by atoms with Crippen molar-refractivity contribution in [2.24, 2.45) is 16.7 Å². The van der Waals surface area contributed by atoms with Gasteiger partial charge in [0, 0.05) is 12.7 Å². The van der Waals surface area contributed by atoms with Crippen LogP contribution in [0.2, 0.25) is 0 Å². The molecule has 0 unspecified atom stereocenters. The standard InChI is InChI=1S/C13H17N3O2/c1-12(2)9(13(12,3)4)7-16-6-8(5-14)10(17)15-11(16)18/h6,9H,7H2,1-4H3,(H,15,17,18). The molecule has 1 aromatic rings. The highest BCUT2D eigenvalue weighted by Gasteiger charge is 2.64. The van der Waals surface area contributed by atoms with Crippen LogP contribution >= 0.6 is 0 Å². The number of rotatable bonds is 2. The van der Waals surface area contributed by atoms with E-state index in [9.17, 15) is 9.59 Å². The lowest BCUT2D eigenvalue weighted by Crippen LogP contribution is -2.32. The highest BCUT2D eigenvalue weighted by atomic mass is 16.2. The zero-order valence-electron chi connectivity index (χ0n) is 11.1. The zero-order valence-corrected chi connectivity index (χ0v) is 11.1. The van der Waals surface area contributed by atoms with Gasteiger partial charge in [0.05, 0.1) is 0 Å². The van der Waals surface area contributed by atoms with Crippen molar-refractivity contribution >= 4 is 0 Å². The number of aromatic nitrogens is 2. The maximum atomic E-state index is 11.7. The van der Waals surface area contributed by atoms with E-state index in [4.69, 9.17) is 5.26 Å². The molecular weight excluding hydrogens is 230 g/mol. The maximum Gasteiger partial charge on any atom is 0.328 e. The van der Waals surface area contributed by atoms with Gasteiger partial charge in [-0.15, -0.1) is 0 Å². The smallest absolute Gasteiger partial charge is 0.299 e. The first kappa shape index (κ1) is 12.6. The van der Waals surface area contributed by atoms with Crippen LogP contribution < -0.4 is 11.2 Å². The Balaban J connectivity index is 2.36. The second-order valence-electron chi connectivity index (χ2n) is 6.06. The Morgan fingerprint density at radius 1 is 1.33 bits per heavy atom. The third kappa shape index (κ3) is 1.60. The summed E-state index contributed by atoms with van der Waals surface area (Å²) in [6, 6.07) is 1.79. The Kier molecular flexibility index (Phi) is 2.51. The summed E-state index contributed by atoms with van der Waals surface area (Å²) in [6.45, 7) is 9.20. The first-order valence-electron chi connectivity index (χ1n) is 5.95. The molecule has 0 radical (unpaired) electrons. The van der Waals surface area contributed by atoms with Gasteiger partial charge in [-0.25, -0.2) is 4.79 Å². The van der Waals surface area contributed by atoms with Crippen LogP contribution in [-0.4, -0.2) is 9.55 Å². The van der Waals surface area contributed by atoms with E-state index < -0.39 is 11.2 Å². The topological polar surface area (TPSA) is 78.7 Å². The number of aromatic amines is 1. The van der Waals surface area contributed by atoms with Gasteiger partial charge in [0.25, 0.3) is 5.56 Å². The highest BCUT2D eigenvalue weighted by Crippen LogP contribution is 2.68. The summed E-state index contributed by atoms with van der Waals surface area (Å²) in [5.74, 6) is 0.361. The van der Waals surface area contributed by atoms with Crippen LogP contribution in [0.4, 0.5) is 0 Å². The molecule has 0 atom stereocenters. The summed E-state index contributed by atoms with van der Waals surface area (Å²) in [6.07, 6.45) is 1.35. The van der Waals surface area contributed by atoms with Crippen LogP contribution in [0, 0.1) is 28.1 Å². The summed E-state index contributed by atoms with van der Waals surface area (Å²) in [7, 11) is 0. The van der Waals surface area contributed by atoms with Gasteiger partial charge in [-0.1, -0.05) is 27.7 Å². The van der Waals surface area contributed by atoms with Crippen molar-refractivity contribution in [3.63, 3.8) is 0 Å². The van der Waals surface area contributed by atoms with E-state index in [2.05, 4.69) is 32.7 Å².